The van der Waals surface area contributed by atoms with E-state index in [0.29, 0.717) is 23.0 Å². The summed E-state index contributed by atoms with van der Waals surface area (Å²) in [6.07, 6.45) is 0.403. The minimum Gasteiger partial charge on any atom is -0.437 e. The molecule has 148 valence electrons. The molecule has 0 saturated heterocycles. The number of fused-ring (bicyclic) bond motifs is 1. The quantitative estimate of drug-likeness (QED) is 0.624. The van der Waals surface area contributed by atoms with Crippen molar-refractivity contribution < 1.29 is 19.1 Å². The molecule has 1 aliphatic heterocycles. The molecule has 28 heavy (non-hydrogen) atoms. The fourth-order valence-corrected chi connectivity index (χ4v) is 3.67. The molecule has 2 aromatic carbocycles. The number of rotatable bonds is 4. The minimum atomic E-state index is -0.825. The molecule has 2 atom stereocenters. The summed E-state index contributed by atoms with van der Waals surface area (Å²) in [5.74, 6) is 0.494. The number of ether oxygens (including phenoxy) is 2. The van der Waals surface area contributed by atoms with Crippen LogP contribution in [0.2, 0.25) is 5.02 Å². The Morgan fingerprint density at radius 2 is 2.04 bits per heavy atom. The lowest BCUT2D eigenvalue weighted by Crippen LogP contribution is -2.48. The largest absolute Gasteiger partial charge is 0.513 e. The molecule has 1 amide bonds. The first kappa shape index (κ1) is 20.2. The van der Waals surface area contributed by atoms with Crippen LogP contribution in [0.4, 0.5) is 10.5 Å². The summed E-state index contributed by atoms with van der Waals surface area (Å²) in [5, 5.41) is 0.372. The van der Waals surface area contributed by atoms with Gasteiger partial charge in [-0.25, -0.2) is 4.79 Å². The van der Waals surface area contributed by atoms with E-state index in [1.54, 1.807) is 17.0 Å². The van der Waals surface area contributed by atoms with Crippen LogP contribution in [0.5, 0.6) is 5.75 Å². The molecule has 0 aromatic heterocycles. The van der Waals surface area contributed by atoms with Gasteiger partial charge in [-0.3, -0.25) is 4.79 Å². The van der Waals surface area contributed by atoms with Gasteiger partial charge in [-0.05, 0) is 48.1 Å². The fourth-order valence-electron chi connectivity index (χ4n) is 3.42. The lowest BCUT2D eigenvalue weighted by Gasteiger charge is -2.34. The summed E-state index contributed by atoms with van der Waals surface area (Å²) in [5.41, 5.74) is 9.02. The number of halogens is 1. The standard InChI is InChI=1S/C21H23ClN2O4/c1-13-9-15-5-3-4-6-19(15)24(12-13)20(25)18(23)10-14-7-8-16(11-17(14)22)28-21(26)27-2/h3-8,11,13,18H,9-10,12,23H2,1-2H3. The number of anilines is 1. The van der Waals surface area contributed by atoms with Crippen molar-refractivity contribution in [3.63, 3.8) is 0 Å². The Labute approximate surface area is 169 Å². The van der Waals surface area contributed by atoms with Crippen LogP contribution >= 0.6 is 11.6 Å². The number of benzene rings is 2. The fraction of sp³-hybridized carbons (Fsp3) is 0.333. The molecule has 6 nitrogen and oxygen atoms in total. The average molecular weight is 403 g/mol. The van der Waals surface area contributed by atoms with E-state index in [2.05, 4.69) is 11.7 Å². The van der Waals surface area contributed by atoms with Crippen LogP contribution in [0.3, 0.4) is 0 Å². The Morgan fingerprint density at radius 1 is 1.29 bits per heavy atom. The SMILES string of the molecule is COC(=O)Oc1ccc(CC(N)C(=O)N2CC(C)Cc3ccccc32)c(Cl)c1. The van der Waals surface area contributed by atoms with Crippen molar-refractivity contribution in [3.05, 3.63) is 58.6 Å². The second-order valence-corrected chi connectivity index (χ2v) is 7.41. The van der Waals surface area contributed by atoms with E-state index in [-0.39, 0.29) is 18.1 Å². The maximum absolute atomic E-state index is 13.0. The summed E-state index contributed by atoms with van der Waals surface area (Å²) in [4.78, 5) is 26.0. The number of hydrogen-bond acceptors (Lipinski definition) is 5. The molecular weight excluding hydrogens is 380 g/mol. The highest BCUT2D eigenvalue weighted by atomic mass is 35.5. The molecule has 0 spiro atoms. The summed E-state index contributed by atoms with van der Waals surface area (Å²) >= 11 is 6.28. The number of amides is 1. The summed E-state index contributed by atoms with van der Waals surface area (Å²) in [6, 6.07) is 12.0. The highest BCUT2D eigenvalue weighted by molar-refractivity contribution is 6.31. The van der Waals surface area contributed by atoms with Gasteiger partial charge < -0.3 is 20.1 Å². The normalized spacial score (nSPS) is 16.9. The van der Waals surface area contributed by atoms with E-state index in [4.69, 9.17) is 22.1 Å². The maximum atomic E-state index is 13.0. The highest BCUT2D eigenvalue weighted by Crippen LogP contribution is 2.30. The van der Waals surface area contributed by atoms with Crippen LogP contribution in [0.25, 0.3) is 0 Å². The molecule has 1 aliphatic rings. The Morgan fingerprint density at radius 3 is 2.75 bits per heavy atom. The van der Waals surface area contributed by atoms with Crippen LogP contribution in [0.1, 0.15) is 18.1 Å². The predicted molar refractivity (Wildman–Crippen MR) is 108 cm³/mol. The molecule has 0 bridgehead atoms. The zero-order valence-corrected chi connectivity index (χ0v) is 16.6. The molecule has 3 rings (SSSR count). The van der Waals surface area contributed by atoms with Crippen molar-refractivity contribution in [1.82, 2.24) is 0 Å². The van der Waals surface area contributed by atoms with Gasteiger partial charge in [0.2, 0.25) is 5.91 Å². The highest BCUT2D eigenvalue weighted by Gasteiger charge is 2.29. The summed E-state index contributed by atoms with van der Waals surface area (Å²) in [6.45, 7) is 2.77. The zero-order chi connectivity index (χ0) is 20.3. The number of nitrogens with two attached hydrogens (primary N) is 1. The van der Waals surface area contributed by atoms with Gasteiger partial charge in [0.05, 0.1) is 13.2 Å². The molecule has 2 unspecified atom stereocenters. The molecule has 1 heterocycles. The molecule has 0 aliphatic carbocycles. The van der Waals surface area contributed by atoms with Crippen molar-refractivity contribution >= 4 is 29.4 Å². The van der Waals surface area contributed by atoms with E-state index in [1.165, 1.54) is 13.2 Å². The number of methoxy groups -OCH3 is 1. The first-order chi connectivity index (χ1) is 13.4. The Bertz CT molecular complexity index is 886. The number of nitrogens with zero attached hydrogens (tertiary/aromatic N) is 1. The number of carbonyl (C=O) groups excluding carboxylic acids is 2. The Balaban J connectivity index is 1.74. The lowest BCUT2D eigenvalue weighted by atomic mass is 9.93. The third-order valence-corrected chi connectivity index (χ3v) is 5.11. The van der Waals surface area contributed by atoms with Gasteiger partial charge in [-0.2, -0.15) is 0 Å². The zero-order valence-electron chi connectivity index (χ0n) is 15.9. The van der Waals surface area contributed by atoms with Gasteiger partial charge in [0, 0.05) is 17.3 Å². The van der Waals surface area contributed by atoms with Gasteiger partial charge in [0.25, 0.3) is 0 Å². The van der Waals surface area contributed by atoms with Gasteiger partial charge >= 0.3 is 6.16 Å². The first-order valence-corrected chi connectivity index (χ1v) is 9.46. The monoisotopic (exact) mass is 402 g/mol. The lowest BCUT2D eigenvalue weighted by molar-refractivity contribution is -0.120. The predicted octanol–water partition coefficient (Wildman–Crippen LogP) is 3.58. The van der Waals surface area contributed by atoms with E-state index < -0.39 is 12.2 Å². The van der Waals surface area contributed by atoms with Crippen LogP contribution in [-0.2, 0) is 22.4 Å². The third-order valence-electron chi connectivity index (χ3n) is 4.76. The molecule has 0 saturated carbocycles. The van der Waals surface area contributed by atoms with E-state index in [0.717, 1.165) is 17.7 Å². The number of carbonyl (C=O) groups is 2. The molecule has 0 radical (unpaired) electrons. The third kappa shape index (κ3) is 4.46. The van der Waals surface area contributed by atoms with Crippen molar-refractivity contribution in [1.29, 1.82) is 0 Å². The Hall–Kier alpha value is -2.57. The van der Waals surface area contributed by atoms with E-state index >= 15 is 0 Å². The molecule has 7 heteroatoms. The number of para-hydroxylation sites is 1. The average Bonchev–Trinajstić information content (AvgIpc) is 2.68. The van der Waals surface area contributed by atoms with Crippen molar-refractivity contribution in [3.8, 4) is 5.75 Å². The second kappa shape index (κ2) is 8.63. The molecule has 0 fully saturated rings. The van der Waals surface area contributed by atoms with Crippen molar-refractivity contribution in [2.75, 3.05) is 18.6 Å². The smallest absolute Gasteiger partial charge is 0.437 e. The molecule has 2 N–H and O–H groups in total. The summed E-state index contributed by atoms with van der Waals surface area (Å²) < 4.78 is 9.40. The summed E-state index contributed by atoms with van der Waals surface area (Å²) in [7, 11) is 1.22. The molecular formula is C21H23ClN2O4. The maximum Gasteiger partial charge on any atom is 0.513 e. The van der Waals surface area contributed by atoms with Crippen LogP contribution in [0, 0.1) is 5.92 Å². The first-order valence-electron chi connectivity index (χ1n) is 9.08. The second-order valence-electron chi connectivity index (χ2n) is 7.01. The minimum absolute atomic E-state index is 0.134. The van der Waals surface area contributed by atoms with Gasteiger partial charge in [-0.1, -0.05) is 42.8 Å². The van der Waals surface area contributed by atoms with Gasteiger partial charge in [0.15, 0.2) is 0 Å². The number of hydrogen-bond donors (Lipinski definition) is 1. The van der Waals surface area contributed by atoms with E-state index in [9.17, 15) is 9.59 Å². The van der Waals surface area contributed by atoms with Crippen LogP contribution in [-0.4, -0.2) is 31.8 Å². The van der Waals surface area contributed by atoms with Gasteiger partial charge in [0.1, 0.15) is 5.75 Å². The van der Waals surface area contributed by atoms with Crippen molar-refractivity contribution in [2.24, 2.45) is 11.7 Å². The van der Waals surface area contributed by atoms with Crippen LogP contribution < -0.4 is 15.4 Å². The van der Waals surface area contributed by atoms with E-state index in [1.807, 2.05) is 24.3 Å². The topological polar surface area (TPSA) is 81.9 Å². The Kier molecular flexibility index (Phi) is 6.21. The van der Waals surface area contributed by atoms with Gasteiger partial charge in [-0.15, -0.1) is 0 Å². The van der Waals surface area contributed by atoms with Crippen LogP contribution in [0.15, 0.2) is 42.5 Å². The molecule has 2 aromatic rings. The van der Waals surface area contributed by atoms with Crippen molar-refractivity contribution in [2.45, 2.75) is 25.8 Å².